The van der Waals surface area contributed by atoms with Crippen LogP contribution in [0.3, 0.4) is 0 Å². The fourth-order valence-corrected chi connectivity index (χ4v) is 4.81. The summed E-state index contributed by atoms with van der Waals surface area (Å²) in [6.07, 6.45) is 2.49. The van der Waals surface area contributed by atoms with Crippen LogP contribution in [-0.4, -0.2) is 44.4 Å². The van der Waals surface area contributed by atoms with Crippen molar-refractivity contribution in [2.75, 3.05) is 25.0 Å². The van der Waals surface area contributed by atoms with Crippen molar-refractivity contribution in [2.45, 2.75) is 44.1 Å². The lowest BCUT2D eigenvalue weighted by atomic mass is 10.2. The zero-order valence-electron chi connectivity index (χ0n) is 17.6. The molecule has 168 valence electrons. The number of hydrogen-bond acceptors (Lipinski definition) is 5. The monoisotopic (exact) mass is 450 g/mol. The Bertz CT molecular complexity index is 1020. The van der Waals surface area contributed by atoms with Gasteiger partial charge in [0, 0.05) is 19.2 Å². The summed E-state index contributed by atoms with van der Waals surface area (Å²) in [7, 11) is -3.67. The Morgan fingerprint density at radius 2 is 1.87 bits per heavy atom. The first-order chi connectivity index (χ1) is 14.8. The highest BCUT2D eigenvalue weighted by Gasteiger charge is 2.27. The van der Waals surface area contributed by atoms with Crippen molar-refractivity contribution in [3.05, 3.63) is 48.3 Å². The van der Waals surface area contributed by atoms with E-state index in [2.05, 4.69) is 5.32 Å². The third-order valence-electron chi connectivity index (χ3n) is 4.71. The number of ether oxygens (including phenoxy) is 2. The third kappa shape index (κ3) is 6.18. The van der Waals surface area contributed by atoms with E-state index in [1.807, 2.05) is 13.8 Å². The highest BCUT2D eigenvalue weighted by molar-refractivity contribution is 7.89. The van der Waals surface area contributed by atoms with Crippen molar-refractivity contribution in [1.82, 2.24) is 4.31 Å². The number of anilines is 1. The number of hydrogen-bond donors (Lipinski definition) is 1. The van der Waals surface area contributed by atoms with Gasteiger partial charge in [-0.3, -0.25) is 4.79 Å². The van der Waals surface area contributed by atoms with E-state index >= 15 is 0 Å². The first-order valence-corrected chi connectivity index (χ1v) is 11.7. The predicted molar refractivity (Wildman–Crippen MR) is 115 cm³/mol. The van der Waals surface area contributed by atoms with Crippen LogP contribution in [0.15, 0.2) is 47.4 Å². The van der Waals surface area contributed by atoms with Gasteiger partial charge in [-0.2, -0.15) is 4.31 Å². The van der Waals surface area contributed by atoms with Crippen LogP contribution >= 0.6 is 0 Å². The lowest BCUT2D eigenvalue weighted by molar-refractivity contribution is -0.118. The Hall–Kier alpha value is -2.65. The number of halogens is 1. The smallest absolute Gasteiger partial charge is 0.262 e. The van der Waals surface area contributed by atoms with Crippen LogP contribution in [-0.2, 0) is 14.8 Å². The molecule has 0 aliphatic carbocycles. The molecule has 3 rings (SSSR count). The summed E-state index contributed by atoms with van der Waals surface area (Å²) in [5.74, 6) is -0.423. The van der Waals surface area contributed by atoms with Crippen molar-refractivity contribution in [1.29, 1.82) is 0 Å². The topological polar surface area (TPSA) is 84.9 Å². The molecule has 1 heterocycles. The number of sulfonamides is 1. The number of amides is 1. The fourth-order valence-electron chi connectivity index (χ4n) is 3.27. The Balaban J connectivity index is 1.79. The molecule has 7 nitrogen and oxygen atoms in total. The zero-order valence-corrected chi connectivity index (χ0v) is 18.5. The van der Waals surface area contributed by atoms with Gasteiger partial charge in [-0.25, -0.2) is 12.8 Å². The van der Waals surface area contributed by atoms with Gasteiger partial charge in [-0.05, 0) is 57.0 Å². The highest BCUT2D eigenvalue weighted by atomic mass is 32.2. The summed E-state index contributed by atoms with van der Waals surface area (Å²) in [5.41, 5.74) is 0.236. The van der Waals surface area contributed by atoms with E-state index in [-0.39, 0.29) is 29.0 Å². The number of carbonyl (C=O) groups is 1. The molecule has 0 saturated carbocycles. The molecule has 9 heteroatoms. The molecular weight excluding hydrogens is 423 g/mol. The molecule has 0 radical (unpaired) electrons. The van der Waals surface area contributed by atoms with Crippen LogP contribution in [0.5, 0.6) is 11.5 Å². The number of rotatable bonds is 8. The van der Waals surface area contributed by atoms with E-state index in [9.17, 15) is 17.6 Å². The average molecular weight is 451 g/mol. The molecular formula is C22H27FN2O5S. The number of carbonyl (C=O) groups excluding carboxylic acids is 1. The van der Waals surface area contributed by atoms with Crippen molar-refractivity contribution in [3.8, 4) is 11.5 Å². The summed E-state index contributed by atoms with van der Waals surface area (Å²) in [4.78, 5) is 12.5. The van der Waals surface area contributed by atoms with Gasteiger partial charge < -0.3 is 14.8 Å². The minimum atomic E-state index is -3.67. The van der Waals surface area contributed by atoms with E-state index in [0.29, 0.717) is 18.8 Å². The Morgan fingerprint density at radius 3 is 2.55 bits per heavy atom. The molecule has 1 amide bonds. The number of nitrogens with zero attached hydrogens (tertiary/aromatic N) is 1. The van der Waals surface area contributed by atoms with Gasteiger partial charge >= 0.3 is 0 Å². The molecule has 1 saturated heterocycles. The molecule has 0 atom stereocenters. The minimum absolute atomic E-state index is 0.0897. The van der Waals surface area contributed by atoms with Crippen molar-refractivity contribution >= 4 is 21.6 Å². The summed E-state index contributed by atoms with van der Waals surface area (Å²) in [5, 5.41) is 2.65. The number of piperidine rings is 1. The molecule has 2 aromatic rings. The largest absolute Gasteiger partial charge is 0.489 e. The second-order valence-corrected chi connectivity index (χ2v) is 9.52. The van der Waals surface area contributed by atoms with Crippen molar-refractivity contribution < 1.29 is 27.1 Å². The molecule has 0 unspecified atom stereocenters. The molecule has 31 heavy (non-hydrogen) atoms. The quantitative estimate of drug-likeness (QED) is 0.661. The van der Waals surface area contributed by atoms with E-state index in [1.165, 1.54) is 40.7 Å². The molecule has 2 aromatic carbocycles. The fraction of sp³-hybridized carbons (Fsp3) is 0.409. The lowest BCUT2D eigenvalue weighted by Crippen LogP contribution is -2.35. The summed E-state index contributed by atoms with van der Waals surface area (Å²) >= 11 is 0. The maximum absolute atomic E-state index is 13.3. The normalized spacial score (nSPS) is 15.0. The van der Waals surface area contributed by atoms with E-state index < -0.39 is 21.7 Å². The molecule has 0 aromatic heterocycles. The van der Waals surface area contributed by atoms with Gasteiger partial charge in [-0.1, -0.05) is 12.5 Å². The zero-order chi connectivity index (χ0) is 22.4. The minimum Gasteiger partial charge on any atom is -0.489 e. The van der Waals surface area contributed by atoms with Crippen molar-refractivity contribution in [3.63, 3.8) is 0 Å². The average Bonchev–Trinajstić information content (AvgIpc) is 2.74. The molecule has 0 bridgehead atoms. The lowest BCUT2D eigenvalue weighted by Gasteiger charge is -2.26. The standard InChI is InChI=1S/C22H27FN2O5S/c1-16(2)30-21-10-9-19(31(27,28)25-11-4-3-5-12-25)14-20(21)24-22(26)15-29-18-8-6-7-17(23)13-18/h6-10,13-14,16H,3-5,11-12,15H2,1-2H3,(H,24,26). The van der Waals surface area contributed by atoms with E-state index in [0.717, 1.165) is 19.3 Å². The van der Waals surface area contributed by atoms with Gasteiger partial charge in [0.25, 0.3) is 5.91 Å². The first kappa shape index (κ1) is 23.0. The molecule has 1 fully saturated rings. The van der Waals surface area contributed by atoms with Gasteiger partial charge in [-0.15, -0.1) is 0 Å². The summed E-state index contributed by atoms with van der Waals surface area (Å²) in [6, 6.07) is 9.90. The molecule has 0 spiro atoms. The van der Waals surface area contributed by atoms with Gasteiger partial charge in [0.05, 0.1) is 16.7 Å². The Labute approximate surface area is 182 Å². The van der Waals surface area contributed by atoms with Gasteiger partial charge in [0.1, 0.15) is 17.3 Å². The maximum Gasteiger partial charge on any atom is 0.262 e. The van der Waals surface area contributed by atoms with E-state index in [4.69, 9.17) is 9.47 Å². The second kappa shape index (κ2) is 10.1. The Kier molecular flexibility index (Phi) is 7.50. The number of benzene rings is 2. The Morgan fingerprint density at radius 1 is 1.13 bits per heavy atom. The second-order valence-electron chi connectivity index (χ2n) is 7.58. The van der Waals surface area contributed by atoms with Crippen LogP contribution in [0.4, 0.5) is 10.1 Å². The molecule has 1 aliphatic heterocycles. The van der Waals surface area contributed by atoms with Crippen molar-refractivity contribution in [2.24, 2.45) is 0 Å². The first-order valence-electron chi connectivity index (χ1n) is 10.2. The SMILES string of the molecule is CC(C)Oc1ccc(S(=O)(=O)N2CCCCC2)cc1NC(=O)COc1cccc(F)c1. The van der Waals surface area contributed by atoms with Crippen LogP contribution in [0.25, 0.3) is 0 Å². The van der Waals surface area contributed by atoms with Gasteiger partial charge in [0.15, 0.2) is 6.61 Å². The predicted octanol–water partition coefficient (Wildman–Crippen LogP) is 3.81. The van der Waals surface area contributed by atoms with Gasteiger partial charge in [0.2, 0.25) is 10.0 Å². The number of nitrogens with one attached hydrogen (secondary N) is 1. The van der Waals surface area contributed by atoms with Crippen LogP contribution in [0, 0.1) is 5.82 Å². The molecule has 1 N–H and O–H groups in total. The summed E-state index contributed by atoms with van der Waals surface area (Å²) < 4.78 is 51.8. The third-order valence-corrected chi connectivity index (χ3v) is 6.60. The van der Waals surface area contributed by atoms with Crippen LogP contribution < -0.4 is 14.8 Å². The maximum atomic E-state index is 13.3. The van der Waals surface area contributed by atoms with Crippen LogP contribution in [0.1, 0.15) is 33.1 Å². The van der Waals surface area contributed by atoms with E-state index in [1.54, 1.807) is 6.07 Å². The van der Waals surface area contributed by atoms with Crippen LogP contribution in [0.2, 0.25) is 0 Å². The highest BCUT2D eigenvalue weighted by Crippen LogP contribution is 2.31. The summed E-state index contributed by atoms with van der Waals surface area (Å²) in [6.45, 7) is 4.26. The molecule has 1 aliphatic rings.